The van der Waals surface area contributed by atoms with Crippen LogP contribution >= 0.6 is 0 Å². The van der Waals surface area contributed by atoms with Gasteiger partial charge >= 0.3 is 0 Å². The first-order valence-electron chi connectivity index (χ1n) is 7.77. The molecule has 130 valence electrons. The third-order valence-corrected chi connectivity index (χ3v) is 3.85. The van der Waals surface area contributed by atoms with Crippen molar-refractivity contribution in [2.45, 2.75) is 18.6 Å². The van der Waals surface area contributed by atoms with Gasteiger partial charge in [0.2, 0.25) is 5.91 Å². The maximum absolute atomic E-state index is 12.3. The third-order valence-electron chi connectivity index (χ3n) is 3.85. The van der Waals surface area contributed by atoms with Gasteiger partial charge in [0.15, 0.2) is 0 Å². The van der Waals surface area contributed by atoms with Crippen LogP contribution in [-0.4, -0.2) is 35.2 Å². The Labute approximate surface area is 143 Å². The number of nitrogens with zero attached hydrogens (tertiary/aromatic N) is 2. The summed E-state index contributed by atoms with van der Waals surface area (Å²) in [5.74, 6) is -0.670. The SMILES string of the molecule is NC(=O)C1CC(C(=O)NCC(O)c2ccco2)=NN1c1ccccc1. The maximum atomic E-state index is 12.3. The van der Waals surface area contributed by atoms with Gasteiger partial charge in [-0.3, -0.25) is 14.6 Å². The minimum atomic E-state index is -0.960. The number of aliphatic hydroxyl groups excluding tert-OH is 1. The Morgan fingerprint density at radius 3 is 2.72 bits per heavy atom. The molecule has 0 bridgehead atoms. The largest absolute Gasteiger partial charge is 0.467 e. The van der Waals surface area contributed by atoms with Crippen molar-refractivity contribution in [3.05, 3.63) is 54.5 Å². The Bertz CT molecular complexity index is 773. The number of aliphatic hydroxyl groups is 1. The molecule has 1 aliphatic heterocycles. The predicted octanol–water partition coefficient (Wildman–Crippen LogP) is 0.549. The molecule has 8 nitrogen and oxygen atoms in total. The smallest absolute Gasteiger partial charge is 0.267 e. The van der Waals surface area contributed by atoms with Crippen molar-refractivity contribution in [2.75, 3.05) is 11.6 Å². The zero-order chi connectivity index (χ0) is 17.8. The van der Waals surface area contributed by atoms with Gasteiger partial charge in [0.05, 0.1) is 18.5 Å². The first-order valence-corrected chi connectivity index (χ1v) is 7.77. The molecule has 0 saturated heterocycles. The lowest BCUT2D eigenvalue weighted by Crippen LogP contribution is -2.40. The molecule has 2 atom stereocenters. The number of primary amides is 1. The Morgan fingerprint density at radius 2 is 2.08 bits per heavy atom. The number of amides is 2. The summed E-state index contributed by atoms with van der Waals surface area (Å²) in [5.41, 5.74) is 6.29. The maximum Gasteiger partial charge on any atom is 0.267 e. The van der Waals surface area contributed by atoms with Crippen molar-refractivity contribution in [3.63, 3.8) is 0 Å². The molecule has 2 amide bonds. The summed E-state index contributed by atoms with van der Waals surface area (Å²) in [5, 5.41) is 18.2. The van der Waals surface area contributed by atoms with Gasteiger partial charge < -0.3 is 20.6 Å². The number of nitrogens with two attached hydrogens (primary N) is 1. The van der Waals surface area contributed by atoms with Gasteiger partial charge in [-0.05, 0) is 24.3 Å². The molecule has 0 saturated carbocycles. The molecular weight excluding hydrogens is 324 g/mol. The Hall–Kier alpha value is -3.13. The first kappa shape index (κ1) is 16.7. The van der Waals surface area contributed by atoms with Gasteiger partial charge in [-0.25, -0.2) is 0 Å². The molecule has 0 fully saturated rings. The Kier molecular flexibility index (Phi) is 4.80. The van der Waals surface area contributed by atoms with Gasteiger partial charge in [-0.15, -0.1) is 0 Å². The molecule has 1 aliphatic rings. The number of rotatable bonds is 6. The summed E-state index contributed by atoms with van der Waals surface area (Å²) in [6.07, 6.45) is 0.585. The van der Waals surface area contributed by atoms with Crippen molar-refractivity contribution in [1.82, 2.24) is 5.32 Å². The van der Waals surface area contributed by atoms with E-state index < -0.39 is 24.0 Å². The van der Waals surface area contributed by atoms with Crippen molar-refractivity contribution >= 4 is 23.2 Å². The van der Waals surface area contributed by atoms with E-state index in [0.717, 1.165) is 0 Å². The highest BCUT2D eigenvalue weighted by Gasteiger charge is 2.35. The highest BCUT2D eigenvalue weighted by Crippen LogP contribution is 2.24. The molecule has 0 spiro atoms. The van der Waals surface area contributed by atoms with Gasteiger partial charge in [-0.2, -0.15) is 5.10 Å². The Morgan fingerprint density at radius 1 is 1.32 bits per heavy atom. The van der Waals surface area contributed by atoms with E-state index in [4.69, 9.17) is 10.2 Å². The lowest BCUT2D eigenvalue weighted by Gasteiger charge is -2.20. The number of benzene rings is 1. The van der Waals surface area contributed by atoms with E-state index in [1.165, 1.54) is 11.3 Å². The molecule has 25 heavy (non-hydrogen) atoms. The number of nitrogens with one attached hydrogen (secondary N) is 1. The highest BCUT2D eigenvalue weighted by atomic mass is 16.4. The molecule has 4 N–H and O–H groups in total. The Balaban J connectivity index is 1.69. The molecule has 3 rings (SSSR count). The van der Waals surface area contributed by atoms with E-state index in [1.54, 1.807) is 36.4 Å². The lowest BCUT2D eigenvalue weighted by atomic mass is 10.1. The van der Waals surface area contributed by atoms with Crippen molar-refractivity contribution < 1.29 is 19.1 Å². The number of anilines is 1. The summed E-state index contributed by atoms with van der Waals surface area (Å²) < 4.78 is 5.08. The number of hydrogen-bond acceptors (Lipinski definition) is 6. The number of para-hydroxylation sites is 1. The fourth-order valence-corrected chi connectivity index (χ4v) is 2.56. The fraction of sp³-hybridized carbons (Fsp3) is 0.235. The van der Waals surface area contributed by atoms with Crippen LogP contribution in [0.5, 0.6) is 0 Å². The monoisotopic (exact) mass is 342 g/mol. The van der Waals surface area contributed by atoms with E-state index in [2.05, 4.69) is 10.4 Å². The van der Waals surface area contributed by atoms with Crippen molar-refractivity contribution in [3.8, 4) is 0 Å². The quantitative estimate of drug-likeness (QED) is 0.708. The fourth-order valence-electron chi connectivity index (χ4n) is 2.56. The molecule has 2 unspecified atom stereocenters. The predicted molar refractivity (Wildman–Crippen MR) is 90.6 cm³/mol. The lowest BCUT2D eigenvalue weighted by molar-refractivity contribution is -0.119. The van der Waals surface area contributed by atoms with Gasteiger partial charge in [-0.1, -0.05) is 18.2 Å². The highest BCUT2D eigenvalue weighted by molar-refractivity contribution is 6.40. The number of furan rings is 1. The zero-order valence-corrected chi connectivity index (χ0v) is 13.3. The second kappa shape index (κ2) is 7.18. The number of carbonyl (C=O) groups excluding carboxylic acids is 2. The molecule has 2 aromatic rings. The standard InChI is InChI=1S/C17H18N4O4/c18-16(23)13-9-12(20-21(13)11-5-2-1-3-6-11)17(24)19-10-14(22)15-7-4-8-25-15/h1-8,13-14,22H,9-10H2,(H2,18,23)(H,19,24). The van der Waals surface area contributed by atoms with Crippen LogP contribution in [0.3, 0.4) is 0 Å². The molecule has 8 heteroatoms. The number of carbonyl (C=O) groups is 2. The number of hydrogen-bond donors (Lipinski definition) is 3. The number of hydrazone groups is 1. The zero-order valence-electron chi connectivity index (χ0n) is 13.3. The second-order valence-electron chi connectivity index (χ2n) is 5.59. The van der Waals surface area contributed by atoms with Crippen LogP contribution in [0.1, 0.15) is 18.3 Å². The summed E-state index contributed by atoms with van der Waals surface area (Å²) in [6.45, 7) is -0.0298. The third kappa shape index (κ3) is 3.69. The van der Waals surface area contributed by atoms with Crippen LogP contribution in [0.4, 0.5) is 5.69 Å². The van der Waals surface area contributed by atoms with E-state index in [-0.39, 0.29) is 18.7 Å². The van der Waals surface area contributed by atoms with Crippen LogP contribution in [0.25, 0.3) is 0 Å². The molecule has 0 radical (unpaired) electrons. The summed E-state index contributed by atoms with van der Waals surface area (Å²) in [7, 11) is 0. The van der Waals surface area contributed by atoms with Crippen LogP contribution in [-0.2, 0) is 9.59 Å². The second-order valence-corrected chi connectivity index (χ2v) is 5.59. The van der Waals surface area contributed by atoms with Crippen molar-refractivity contribution in [1.29, 1.82) is 0 Å². The van der Waals surface area contributed by atoms with E-state index >= 15 is 0 Å². The van der Waals surface area contributed by atoms with Crippen LogP contribution in [0.2, 0.25) is 0 Å². The van der Waals surface area contributed by atoms with E-state index in [1.807, 2.05) is 6.07 Å². The minimum absolute atomic E-state index is 0.0298. The van der Waals surface area contributed by atoms with Crippen LogP contribution in [0, 0.1) is 0 Å². The molecule has 0 aliphatic carbocycles. The van der Waals surface area contributed by atoms with Gasteiger partial charge in [0, 0.05) is 6.42 Å². The summed E-state index contributed by atoms with van der Waals surface area (Å²) in [6, 6.07) is 11.6. The van der Waals surface area contributed by atoms with E-state index in [9.17, 15) is 14.7 Å². The van der Waals surface area contributed by atoms with E-state index in [0.29, 0.717) is 11.4 Å². The van der Waals surface area contributed by atoms with Gasteiger partial charge in [0.1, 0.15) is 23.6 Å². The minimum Gasteiger partial charge on any atom is -0.467 e. The molecular formula is C17H18N4O4. The average molecular weight is 342 g/mol. The molecule has 2 heterocycles. The normalized spacial score (nSPS) is 17.9. The van der Waals surface area contributed by atoms with Crippen LogP contribution in [0.15, 0.2) is 58.2 Å². The topological polar surface area (TPSA) is 121 Å². The summed E-state index contributed by atoms with van der Waals surface area (Å²) in [4.78, 5) is 24.0. The van der Waals surface area contributed by atoms with Crippen LogP contribution < -0.4 is 16.1 Å². The molecule has 1 aromatic carbocycles. The summed E-state index contributed by atoms with van der Waals surface area (Å²) >= 11 is 0. The first-order chi connectivity index (χ1) is 12.1. The van der Waals surface area contributed by atoms with Crippen molar-refractivity contribution in [2.24, 2.45) is 10.8 Å². The molecule has 1 aromatic heterocycles. The van der Waals surface area contributed by atoms with Gasteiger partial charge in [0.25, 0.3) is 5.91 Å². The average Bonchev–Trinajstić information content (AvgIpc) is 3.29.